The third-order valence-corrected chi connectivity index (χ3v) is 4.50. The molecule has 2 aromatic rings. The molecule has 0 saturated carbocycles. The van der Waals surface area contributed by atoms with E-state index in [1.165, 1.54) is 6.07 Å². The van der Waals surface area contributed by atoms with E-state index in [2.05, 4.69) is 22.2 Å². The Labute approximate surface area is 141 Å². The van der Waals surface area contributed by atoms with Crippen LogP contribution < -0.4 is 10.7 Å². The average Bonchev–Trinajstić information content (AvgIpc) is 2.56. The Hall–Kier alpha value is -2.18. The van der Waals surface area contributed by atoms with Crippen molar-refractivity contribution in [3.05, 3.63) is 45.8 Å². The maximum atomic E-state index is 12.2. The molecule has 0 spiro atoms. The summed E-state index contributed by atoms with van der Waals surface area (Å²) >= 11 is 0. The Morgan fingerprint density at radius 2 is 2.00 bits per heavy atom. The predicted octanol–water partition coefficient (Wildman–Crippen LogP) is 1.08. The lowest BCUT2D eigenvalue weighted by atomic mass is 10.1. The molecule has 0 atom stereocenters. The minimum absolute atomic E-state index is 0.0662. The van der Waals surface area contributed by atoms with Crippen LogP contribution in [0.5, 0.6) is 0 Å². The number of nitrogens with zero attached hydrogens (tertiary/aromatic N) is 2. The molecular formula is C18H23N3O3. The molecule has 1 aliphatic heterocycles. The topological polar surface area (TPSA) is 65.8 Å². The van der Waals surface area contributed by atoms with Crippen molar-refractivity contribution in [2.24, 2.45) is 0 Å². The van der Waals surface area contributed by atoms with E-state index in [-0.39, 0.29) is 17.1 Å². The fourth-order valence-electron chi connectivity index (χ4n) is 2.98. The third kappa shape index (κ3) is 3.66. The van der Waals surface area contributed by atoms with Gasteiger partial charge in [-0.05, 0) is 25.6 Å². The molecule has 6 nitrogen and oxygen atoms in total. The summed E-state index contributed by atoms with van der Waals surface area (Å²) < 4.78 is 5.61. The van der Waals surface area contributed by atoms with Crippen LogP contribution in [0.2, 0.25) is 0 Å². The number of carbonyl (C=O) groups is 1. The number of aryl methyl sites for hydroxylation is 1. The van der Waals surface area contributed by atoms with Gasteiger partial charge >= 0.3 is 0 Å². The van der Waals surface area contributed by atoms with Crippen LogP contribution in [0.1, 0.15) is 16.1 Å². The molecule has 1 aromatic heterocycles. The molecule has 0 radical (unpaired) electrons. The van der Waals surface area contributed by atoms with Crippen LogP contribution in [0, 0.1) is 6.92 Å². The van der Waals surface area contributed by atoms with Crippen molar-refractivity contribution in [1.82, 2.24) is 15.1 Å². The monoisotopic (exact) mass is 329 g/mol. The minimum atomic E-state index is -0.343. The van der Waals surface area contributed by atoms with Crippen LogP contribution in [0.4, 0.5) is 0 Å². The Morgan fingerprint density at radius 3 is 2.75 bits per heavy atom. The number of likely N-dealkylation sites (N-methyl/N-ethyl adjacent to an activating group) is 1. The lowest BCUT2D eigenvalue weighted by Gasteiger charge is -2.32. The van der Waals surface area contributed by atoms with E-state index < -0.39 is 0 Å². The van der Waals surface area contributed by atoms with Gasteiger partial charge in [-0.2, -0.15) is 0 Å². The highest BCUT2D eigenvalue weighted by Gasteiger charge is 2.15. The van der Waals surface area contributed by atoms with E-state index in [0.29, 0.717) is 17.5 Å². The van der Waals surface area contributed by atoms with Gasteiger partial charge in [0.05, 0.1) is 5.39 Å². The summed E-state index contributed by atoms with van der Waals surface area (Å²) in [6.07, 6.45) is 0. The van der Waals surface area contributed by atoms with Crippen molar-refractivity contribution < 1.29 is 9.21 Å². The summed E-state index contributed by atoms with van der Waals surface area (Å²) in [7, 11) is 2.11. The number of fused-ring (bicyclic) bond motifs is 1. The first-order chi connectivity index (χ1) is 11.5. The molecule has 6 heteroatoms. The summed E-state index contributed by atoms with van der Waals surface area (Å²) in [6.45, 7) is 7.32. The van der Waals surface area contributed by atoms with Gasteiger partial charge in [0, 0.05) is 45.3 Å². The highest BCUT2D eigenvalue weighted by atomic mass is 16.3. The second-order valence-corrected chi connectivity index (χ2v) is 6.32. The summed E-state index contributed by atoms with van der Waals surface area (Å²) in [5.74, 6) is -0.277. The van der Waals surface area contributed by atoms with E-state index in [1.807, 2.05) is 19.1 Å². The lowest BCUT2D eigenvalue weighted by molar-refractivity contribution is 0.0914. The van der Waals surface area contributed by atoms with Crippen LogP contribution in [-0.2, 0) is 0 Å². The second kappa shape index (κ2) is 7.15. The molecule has 128 valence electrons. The van der Waals surface area contributed by atoms with Gasteiger partial charge in [-0.3, -0.25) is 14.5 Å². The summed E-state index contributed by atoms with van der Waals surface area (Å²) in [5.41, 5.74) is 1.12. The zero-order valence-corrected chi connectivity index (χ0v) is 14.2. The number of hydrogen-bond acceptors (Lipinski definition) is 5. The van der Waals surface area contributed by atoms with E-state index in [0.717, 1.165) is 38.3 Å². The first kappa shape index (κ1) is 16.7. The fraction of sp³-hybridized carbons (Fsp3) is 0.444. The molecule has 3 rings (SSSR count). The highest BCUT2D eigenvalue weighted by Crippen LogP contribution is 2.15. The van der Waals surface area contributed by atoms with E-state index >= 15 is 0 Å². The van der Waals surface area contributed by atoms with Gasteiger partial charge in [0.2, 0.25) is 0 Å². The van der Waals surface area contributed by atoms with Gasteiger partial charge in [-0.15, -0.1) is 0 Å². The summed E-state index contributed by atoms with van der Waals surface area (Å²) in [6, 6.07) is 6.66. The normalized spacial score (nSPS) is 16.4. The quantitative estimate of drug-likeness (QED) is 0.909. The van der Waals surface area contributed by atoms with Crippen LogP contribution in [0.15, 0.2) is 33.5 Å². The van der Waals surface area contributed by atoms with Crippen molar-refractivity contribution >= 4 is 16.9 Å². The number of hydrogen-bond donors (Lipinski definition) is 1. The first-order valence-electron chi connectivity index (χ1n) is 8.27. The fourth-order valence-corrected chi connectivity index (χ4v) is 2.98. The Kier molecular flexibility index (Phi) is 4.97. The van der Waals surface area contributed by atoms with Crippen LogP contribution in [0.3, 0.4) is 0 Å². The zero-order chi connectivity index (χ0) is 17.1. The summed E-state index contributed by atoms with van der Waals surface area (Å²) in [5, 5.41) is 3.37. The van der Waals surface area contributed by atoms with Gasteiger partial charge in [0.1, 0.15) is 5.58 Å². The number of nitrogens with one attached hydrogen (secondary N) is 1. The molecule has 1 fully saturated rings. The molecule has 24 heavy (non-hydrogen) atoms. The van der Waals surface area contributed by atoms with Crippen LogP contribution >= 0.6 is 0 Å². The standard InChI is InChI=1S/C18H23N3O3/c1-13-4-3-5-15-17(13)14(22)12-16(24-15)18(23)19-6-7-21-10-8-20(2)9-11-21/h3-5,12H,6-11H2,1-2H3,(H,19,23). The molecule has 1 amide bonds. The SMILES string of the molecule is Cc1cccc2oc(C(=O)NCCN3CCN(C)CC3)cc(=O)c12. The van der Waals surface area contributed by atoms with Crippen molar-refractivity contribution in [3.8, 4) is 0 Å². The number of carbonyl (C=O) groups excluding carboxylic acids is 1. The molecule has 1 aromatic carbocycles. The number of benzene rings is 1. The molecule has 2 heterocycles. The van der Waals surface area contributed by atoms with Gasteiger partial charge < -0.3 is 14.6 Å². The zero-order valence-electron chi connectivity index (χ0n) is 14.2. The molecule has 1 N–H and O–H groups in total. The smallest absolute Gasteiger partial charge is 0.287 e. The van der Waals surface area contributed by atoms with E-state index in [9.17, 15) is 9.59 Å². The largest absolute Gasteiger partial charge is 0.451 e. The second-order valence-electron chi connectivity index (χ2n) is 6.32. The van der Waals surface area contributed by atoms with E-state index in [1.54, 1.807) is 6.07 Å². The summed E-state index contributed by atoms with van der Waals surface area (Å²) in [4.78, 5) is 29.1. The van der Waals surface area contributed by atoms with Crippen LogP contribution in [0.25, 0.3) is 11.0 Å². The molecule has 0 aliphatic carbocycles. The number of piperazine rings is 1. The maximum absolute atomic E-state index is 12.2. The van der Waals surface area contributed by atoms with E-state index in [4.69, 9.17) is 4.42 Å². The Balaban J connectivity index is 1.63. The third-order valence-electron chi connectivity index (χ3n) is 4.50. The number of amides is 1. The minimum Gasteiger partial charge on any atom is -0.451 e. The molecular weight excluding hydrogens is 306 g/mol. The van der Waals surface area contributed by atoms with Gasteiger partial charge in [0.25, 0.3) is 5.91 Å². The van der Waals surface area contributed by atoms with Gasteiger partial charge in [-0.1, -0.05) is 12.1 Å². The van der Waals surface area contributed by atoms with Crippen molar-refractivity contribution in [1.29, 1.82) is 0 Å². The molecule has 1 aliphatic rings. The Bertz CT molecular complexity index is 792. The van der Waals surface area contributed by atoms with Crippen molar-refractivity contribution in [3.63, 3.8) is 0 Å². The predicted molar refractivity (Wildman–Crippen MR) is 93.5 cm³/mol. The van der Waals surface area contributed by atoms with Gasteiger partial charge in [-0.25, -0.2) is 0 Å². The first-order valence-corrected chi connectivity index (χ1v) is 8.27. The molecule has 0 bridgehead atoms. The molecule has 0 unspecified atom stereocenters. The average molecular weight is 329 g/mol. The van der Waals surface area contributed by atoms with Crippen LogP contribution in [-0.4, -0.2) is 62.0 Å². The molecule has 1 saturated heterocycles. The van der Waals surface area contributed by atoms with Gasteiger partial charge in [0.15, 0.2) is 11.2 Å². The van der Waals surface area contributed by atoms with Crippen molar-refractivity contribution in [2.45, 2.75) is 6.92 Å². The maximum Gasteiger partial charge on any atom is 0.287 e. The lowest BCUT2D eigenvalue weighted by Crippen LogP contribution is -2.46. The highest BCUT2D eigenvalue weighted by molar-refractivity contribution is 5.93. The number of rotatable bonds is 4. The van der Waals surface area contributed by atoms with Crippen molar-refractivity contribution in [2.75, 3.05) is 46.3 Å². The Morgan fingerprint density at radius 1 is 1.25 bits per heavy atom.